The quantitative estimate of drug-likeness (QED) is 0.352. The molecule has 9 nitrogen and oxygen atoms in total. The number of ether oxygens (including phenoxy) is 1. The van der Waals surface area contributed by atoms with Gasteiger partial charge in [0.25, 0.3) is 0 Å². The number of nitro benzene ring substituents is 1. The molecule has 0 spiro atoms. The lowest BCUT2D eigenvalue weighted by Crippen LogP contribution is -2.42. The van der Waals surface area contributed by atoms with Gasteiger partial charge in [-0.1, -0.05) is 0 Å². The third-order valence-electron chi connectivity index (χ3n) is 3.50. The monoisotopic (exact) mass is 465 g/mol. The summed E-state index contributed by atoms with van der Waals surface area (Å²) in [5, 5.41) is 33.3. The Morgan fingerprint density at radius 2 is 1.92 bits per heavy atom. The molecule has 0 aromatic heterocycles. The molecule has 0 aliphatic carbocycles. The number of amides is 1. The second kappa shape index (κ2) is 7.30. The molecule has 10 heteroatoms. The van der Waals surface area contributed by atoms with Crippen LogP contribution in [0.5, 0.6) is 5.75 Å². The Morgan fingerprint density at radius 3 is 2.40 bits per heavy atom. The number of β-amino-alcohol motifs (C(OH)–C–C–N with tert-alkyl or cyclic N) is 2. The molecule has 2 atom stereocenters. The summed E-state index contributed by atoms with van der Waals surface area (Å²) in [6.07, 6.45) is -2.61. The van der Waals surface area contributed by atoms with Crippen LogP contribution in [0.2, 0.25) is 0 Å². The van der Waals surface area contributed by atoms with Crippen molar-refractivity contribution in [2.24, 2.45) is 0 Å². The first-order chi connectivity index (χ1) is 11.5. The SMILES string of the molecule is CC(C)(C)NC(=O)Oc1cc(N2CC(O)C(O)C2)c(I)cc1[N+](=O)[O-]. The number of nitrogens with one attached hydrogen (secondary N) is 1. The first kappa shape index (κ1) is 19.7. The lowest BCUT2D eigenvalue weighted by atomic mass is 10.1. The number of aliphatic hydroxyl groups is 2. The van der Waals surface area contributed by atoms with Crippen LogP contribution in [0.1, 0.15) is 20.8 Å². The van der Waals surface area contributed by atoms with Gasteiger partial charge >= 0.3 is 11.8 Å². The molecule has 1 aliphatic heterocycles. The van der Waals surface area contributed by atoms with Crippen molar-refractivity contribution in [2.45, 2.75) is 38.5 Å². The number of rotatable bonds is 3. The van der Waals surface area contributed by atoms with Gasteiger partial charge in [-0.05, 0) is 43.4 Å². The Bertz CT molecular complexity index is 681. The van der Waals surface area contributed by atoms with Gasteiger partial charge in [-0.2, -0.15) is 0 Å². The van der Waals surface area contributed by atoms with Crippen LogP contribution in [-0.4, -0.2) is 52.1 Å². The molecule has 2 unspecified atom stereocenters. The molecular formula is C15H20IN3O6. The minimum absolute atomic E-state index is 0.183. The molecule has 2 rings (SSSR count). The van der Waals surface area contributed by atoms with Crippen molar-refractivity contribution >= 4 is 40.1 Å². The predicted molar refractivity (Wildman–Crippen MR) is 99.0 cm³/mol. The fraction of sp³-hybridized carbons (Fsp3) is 0.533. The summed E-state index contributed by atoms with van der Waals surface area (Å²) < 4.78 is 5.70. The average molecular weight is 465 g/mol. The zero-order chi connectivity index (χ0) is 18.9. The number of nitro groups is 1. The Labute approximate surface area is 158 Å². The van der Waals surface area contributed by atoms with Crippen LogP contribution in [0.3, 0.4) is 0 Å². The first-order valence-corrected chi connectivity index (χ1v) is 8.65. The zero-order valence-corrected chi connectivity index (χ0v) is 16.2. The molecule has 3 N–H and O–H groups in total. The number of anilines is 1. The maximum atomic E-state index is 12.0. The molecule has 1 aromatic carbocycles. The first-order valence-electron chi connectivity index (χ1n) is 7.57. The Balaban J connectivity index is 2.35. The molecule has 0 radical (unpaired) electrons. The van der Waals surface area contributed by atoms with Crippen LogP contribution in [0.25, 0.3) is 0 Å². The highest BCUT2D eigenvalue weighted by Crippen LogP contribution is 2.37. The Morgan fingerprint density at radius 1 is 1.36 bits per heavy atom. The Hall–Kier alpha value is -1.66. The van der Waals surface area contributed by atoms with E-state index < -0.39 is 28.8 Å². The number of carbonyl (C=O) groups is 1. The van der Waals surface area contributed by atoms with Gasteiger partial charge in [-0.3, -0.25) is 10.1 Å². The largest absolute Gasteiger partial charge is 0.413 e. The molecule has 25 heavy (non-hydrogen) atoms. The normalized spacial score (nSPS) is 20.5. The van der Waals surface area contributed by atoms with Crippen molar-refractivity contribution in [3.63, 3.8) is 0 Å². The zero-order valence-electron chi connectivity index (χ0n) is 14.0. The lowest BCUT2D eigenvalue weighted by molar-refractivity contribution is -0.385. The van der Waals surface area contributed by atoms with E-state index in [-0.39, 0.29) is 24.5 Å². The maximum absolute atomic E-state index is 12.0. The molecule has 1 heterocycles. The van der Waals surface area contributed by atoms with Gasteiger partial charge in [0.15, 0.2) is 0 Å². The molecule has 1 aromatic rings. The second-order valence-electron chi connectivity index (χ2n) is 6.83. The summed E-state index contributed by atoms with van der Waals surface area (Å²) in [4.78, 5) is 24.3. The van der Waals surface area contributed by atoms with E-state index in [9.17, 15) is 25.1 Å². The van der Waals surface area contributed by atoms with Crippen LogP contribution >= 0.6 is 22.6 Å². The van der Waals surface area contributed by atoms with Gasteiger partial charge in [-0.15, -0.1) is 0 Å². The summed E-state index contributed by atoms with van der Waals surface area (Å²) in [5.74, 6) is -0.196. The lowest BCUT2D eigenvalue weighted by Gasteiger charge is -2.22. The highest BCUT2D eigenvalue weighted by molar-refractivity contribution is 14.1. The predicted octanol–water partition coefficient (Wildman–Crippen LogP) is 1.63. The van der Waals surface area contributed by atoms with E-state index in [0.717, 1.165) is 0 Å². The number of hydrogen-bond acceptors (Lipinski definition) is 7. The standard InChI is InChI=1S/C15H20IN3O6/c1-15(2,3)17-14(22)25-13-5-9(8(16)4-10(13)19(23)24)18-6-11(20)12(21)7-18/h4-5,11-12,20-21H,6-7H2,1-3H3,(H,17,22). The molecule has 138 valence electrons. The minimum Gasteiger partial charge on any atom is -0.403 e. The smallest absolute Gasteiger partial charge is 0.403 e. The number of aliphatic hydroxyl groups excluding tert-OH is 2. The average Bonchev–Trinajstić information content (AvgIpc) is 2.77. The number of halogens is 1. The third kappa shape index (κ3) is 4.92. The number of nitrogens with zero attached hydrogens (tertiary/aromatic N) is 2. The van der Waals surface area contributed by atoms with E-state index in [1.165, 1.54) is 12.1 Å². The van der Waals surface area contributed by atoms with Gasteiger partial charge in [0.2, 0.25) is 5.75 Å². The topological polar surface area (TPSA) is 125 Å². The van der Waals surface area contributed by atoms with E-state index in [0.29, 0.717) is 9.26 Å². The van der Waals surface area contributed by atoms with E-state index in [2.05, 4.69) is 5.32 Å². The van der Waals surface area contributed by atoms with E-state index in [1.54, 1.807) is 25.7 Å². The summed E-state index contributed by atoms with van der Waals surface area (Å²) in [6.45, 7) is 5.64. The summed E-state index contributed by atoms with van der Waals surface area (Å²) in [7, 11) is 0. The van der Waals surface area contributed by atoms with Gasteiger partial charge < -0.3 is 25.2 Å². The molecule has 1 fully saturated rings. The van der Waals surface area contributed by atoms with Crippen LogP contribution in [0.15, 0.2) is 12.1 Å². The summed E-state index contributed by atoms with van der Waals surface area (Å²) in [5.41, 5.74) is -0.348. The number of benzene rings is 1. The van der Waals surface area contributed by atoms with Crippen LogP contribution in [0.4, 0.5) is 16.2 Å². The molecule has 0 bridgehead atoms. The molecule has 1 aliphatic rings. The highest BCUT2D eigenvalue weighted by Gasteiger charge is 2.32. The maximum Gasteiger partial charge on any atom is 0.413 e. The van der Waals surface area contributed by atoms with Crippen molar-refractivity contribution in [1.82, 2.24) is 5.32 Å². The number of hydrogen-bond donors (Lipinski definition) is 3. The minimum atomic E-state index is -0.903. The Kier molecular flexibility index (Phi) is 5.74. The van der Waals surface area contributed by atoms with Gasteiger partial charge in [0, 0.05) is 34.3 Å². The van der Waals surface area contributed by atoms with E-state index >= 15 is 0 Å². The molecular weight excluding hydrogens is 445 g/mol. The van der Waals surface area contributed by atoms with Crippen molar-refractivity contribution in [3.8, 4) is 5.75 Å². The fourth-order valence-electron chi connectivity index (χ4n) is 2.40. The van der Waals surface area contributed by atoms with Crippen molar-refractivity contribution in [1.29, 1.82) is 0 Å². The van der Waals surface area contributed by atoms with Crippen molar-refractivity contribution in [2.75, 3.05) is 18.0 Å². The summed E-state index contributed by atoms with van der Waals surface area (Å²) in [6, 6.07) is 2.68. The van der Waals surface area contributed by atoms with Gasteiger partial charge in [0.05, 0.1) is 22.8 Å². The molecule has 1 saturated heterocycles. The number of carbonyl (C=O) groups excluding carboxylic acids is 1. The highest BCUT2D eigenvalue weighted by atomic mass is 127. The van der Waals surface area contributed by atoms with Crippen molar-refractivity contribution < 1.29 is 24.7 Å². The second-order valence-corrected chi connectivity index (χ2v) is 7.99. The third-order valence-corrected chi connectivity index (χ3v) is 4.37. The molecule has 1 amide bonds. The van der Waals surface area contributed by atoms with Crippen LogP contribution in [-0.2, 0) is 0 Å². The van der Waals surface area contributed by atoms with Gasteiger partial charge in [-0.25, -0.2) is 4.79 Å². The van der Waals surface area contributed by atoms with Crippen LogP contribution < -0.4 is 15.0 Å². The van der Waals surface area contributed by atoms with Gasteiger partial charge in [0.1, 0.15) is 0 Å². The molecule has 0 saturated carbocycles. The van der Waals surface area contributed by atoms with Crippen molar-refractivity contribution in [3.05, 3.63) is 25.8 Å². The fourth-order valence-corrected chi connectivity index (χ4v) is 3.19. The van der Waals surface area contributed by atoms with E-state index in [4.69, 9.17) is 4.74 Å². The van der Waals surface area contributed by atoms with E-state index in [1.807, 2.05) is 22.6 Å². The van der Waals surface area contributed by atoms with Crippen LogP contribution in [0, 0.1) is 13.7 Å². The summed E-state index contributed by atoms with van der Waals surface area (Å²) >= 11 is 1.93.